The van der Waals surface area contributed by atoms with E-state index < -0.39 is 6.10 Å². The number of thiophene rings is 1. The lowest BCUT2D eigenvalue weighted by Crippen LogP contribution is -2.45. The van der Waals surface area contributed by atoms with E-state index in [1.165, 1.54) is 15.0 Å². The molecule has 0 unspecified atom stereocenters. The van der Waals surface area contributed by atoms with Gasteiger partial charge in [-0.25, -0.2) is 0 Å². The van der Waals surface area contributed by atoms with Gasteiger partial charge in [0.1, 0.15) is 29.8 Å². The molecule has 0 bridgehead atoms. The standard InChI is InChI=1S/C26H29NO4S/c1-17-12-19(25-13-18-6-7-21(29-2)14-26(18)32-25)8-10-27(17)15-20(28)16-31-24-5-3-4-23-22(24)9-11-30-23/h3-7,9,11,13-14,17,19-20,28H,8,10,12,15-16H2,1-2H3/t17-,19+,20+/m1/s1. The number of likely N-dealkylation sites (tertiary alicyclic amines) is 1. The van der Waals surface area contributed by atoms with Crippen LogP contribution in [-0.4, -0.2) is 49.0 Å². The fourth-order valence-electron chi connectivity index (χ4n) is 4.71. The van der Waals surface area contributed by atoms with Crippen molar-refractivity contribution in [1.29, 1.82) is 0 Å². The van der Waals surface area contributed by atoms with Gasteiger partial charge in [-0.1, -0.05) is 6.07 Å². The maximum atomic E-state index is 10.6. The zero-order valence-corrected chi connectivity index (χ0v) is 19.3. The Hall–Kier alpha value is -2.54. The highest BCUT2D eigenvalue weighted by Gasteiger charge is 2.29. The van der Waals surface area contributed by atoms with Crippen LogP contribution < -0.4 is 9.47 Å². The zero-order chi connectivity index (χ0) is 22.1. The first-order valence-electron chi connectivity index (χ1n) is 11.2. The van der Waals surface area contributed by atoms with E-state index in [0.717, 1.165) is 41.9 Å². The number of fused-ring (bicyclic) bond motifs is 2. The van der Waals surface area contributed by atoms with Crippen molar-refractivity contribution in [3.63, 3.8) is 0 Å². The van der Waals surface area contributed by atoms with Crippen LogP contribution in [0.3, 0.4) is 0 Å². The molecule has 4 aromatic rings. The summed E-state index contributed by atoms with van der Waals surface area (Å²) in [5, 5.41) is 12.9. The fraction of sp³-hybridized carbons (Fsp3) is 0.385. The molecule has 1 aliphatic heterocycles. The second-order valence-corrected chi connectivity index (χ2v) is 9.79. The van der Waals surface area contributed by atoms with Crippen LogP contribution in [-0.2, 0) is 0 Å². The number of aliphatic hydroxyl groups is 1. The van der Waals surface area contributed by atoms with E-state index in [0.29, 0.717) is 18.5 Å². The monoisotopic (exact) mass is 451 g/mol. The minimum absolute atomic E-state index is 0.273. The first-order chi connectivity index (χ1) is 15.6. The molecule has 0 radical (unpaired) electrons. The zero-order valence-electron chi connectivity index (χ0n) is 18.5. The van der Waals surface area contributed by atoms with E-state index >= 15 is 0 Å². The number of methoxy groups -OCH3 is 1. The van der Waals surface area contributed by atoms with Crippen molar-refractivity contribution in [3.8, 4) is 11.5 Å². The summed E-state index contributed by atoms with van der Waals surface area (Å²) >= 11 is 1.88. The average Bonchev–Trinajstić information content (AvgIpc) is 3.45. The fourth-order valence-corrected chi connectivity index (χ4v) is 5.95. The lowest BCUT2D eigenvalue weighted by Gasteiger charge is -2.38. The molecule has 32 heavy (non-hydrogen) atoms. The summed E-state index contributed by atoms with van der Waals surface area (Å²) in [4.78, 5) is 3.84. The van der Waals surface area contributed by atoms with Gasteiger partial charge < -0.3 is 19.0 Å². The smallest absolute Gasteiger partial charge is 0.137 e. The van der Waals surface area contributed by atoms with Crippen molar-refractivity contribution in [3.05, 3.63) is 59.7 Å². The van der Waals surface area contributed by atoms with Gasteiger partial charge in [-0.15, -0.1) is 11.3 Å². The van der Waals surface area contributed by atoms with Gasteiger partial charge in [0.25, 0.3) is 0 Å². The number of benzene rings is 2. The maximum Gasteiger partial charge on any atom is 0.137 e. The summed E-state index contributed by atoms with van der Waals surface area (Å²) in [6.07, 6.45) is 3.34. The van der Waals surface area contributed by atoms with E-state index in [9.17, 15) is 5.11 Å². The Labute approximate surface area is 192 Å². The predicted molar refractivity (Wildman–Crippen MR) is 129 cm³/mol. The Morgan fingerprint density at radius 1 is 1.22 bits per heavy atom. The molecule has 168 valence electrons. The molecule has 1 aliphatic rings. The SMILES string of the molecule is COc1ccc2cc([C@H]3CCN(C[C@H](O)COc4cccc5occc45)[C@H](C)C3)sc2c1. The van der Waals surface area contributed by atoms with Crippen LogP contribution in [0.1, 0.15) is 30.6 Å². The molecule has 0 saturated carbocycles. The minimum Gasteiger partial charge on any atom is -0.497 e. The Morgan fingerprint density at radius 2 is 2.12 bits per heavy atom. The van der Waals surface area contributed by atoms with Crippen LogP contribution in [0.15, 0.2) is 59.2 Å². The van der Waals surface area contributed by atoms with E-state index in [2.05, 4.69) is 30.0 Å². The molecule has 0 spiro atoms. The van der Waals surface area contributed by atoms with Gasteiger partial charge in [0.15, 0.2) is 0 Å². The summed E-state index contributed by atoms with van der Waals surface area (Å²) in [6.45, 7) is 4.15. The van der Waals surface area contributed by atoms with Crippen molar-refractivity contribution >= 4 is 32.4 Å². The third-order valence-corrected chi connectivity index (χ3v) is 7.76. The first-order valence-corrected chi connectivity index (χ1v) is 12.0. The number of piperidine rings is 1. The van der Waals surface area contributed by atoms with Gasteiger partial charge in [0.2, 0.25) is 0 Å². The van der Waals surface area contributed by atoms with Gasteiger partial charge >= 0.3 is 0 Å². The molecule has 0 amide bonds. The van der Waals surface area contributed by atoms with E-state index in [1.54, 1.807) is 13.4 Å². The Bertz CT molecular complexity index is 1200. The van der Waals surface area contributed by atoms with Gasteiger partial charge in [0.05, 0.1) is 18.8 Å². The van der Waals surface area contributed by atoms with Crippen LogP contribution in [0.5, 0.6) is 11.5 Å². The van der Waals surface area contributed by atoms with Gasteiger partial charge in [0, 0.05) is 22.2 Å². The third-order valence-electron chi connectivity index (χ3n) is 6.49. The quantitative estimate of drug-likeness (QED) is 0.393. The second kappa shape index (κ2) is 9.14. The third kappa shape index (κ3) is 4.35. The molecule has 1 fully saturated rings. The molecule has 2 aromatic carbocycles. The van der Waals surface area contributed by atoms with Crippen molar-refractivity contribution < 1.29 is 19.0 Å². The molecule has 2 aromatic heterocycles. The minimum atomic E-state index is -0.534. The number of ether oxygens (including phenoxy) is 2. The van der Waals surface area contributed by atoms with Crippen molar-refractivity contribution in [2.45, 2.75) is 37.8 Å². The average molecular weight is 452 g/mol. The summed E-state index contributed by atoms with van der Waals surface area (Å²) < 4.78 is 18.0. The topological polar surface area (TPSA) is 55.1 Å². The number of aliphatic hydroxyl groups excluding tert-OH is 1. The molecule has 0 aliphatic carbocycles. The summed E-state index contributed by atoms with van der Waals surface area (Å²) in [5.41, 5.74) is 0.798. The molecule has 3 atom stereocenters. The molecule has 5 rings (SSSR count). The highest BCUT2D eigenvalue weighted by molar-refractivity contribution is 7.19. The molecular formula is C26H29NO4S. The lowest BCUT2D eigenvalue weighted by atomic mass is 9.90. The highest BCUT2D eigenvalue weighted by Crippen LogP contribution is 2.39. The normalized spacial score (nSPS) is 20.6. The Balaban J connectivity index is 1.17. The van der Waals surface area contributed by atoms with Crippen LogP contribution in [0.4, 0.5) is 0 Å². The molecule has 5 nitrogen and oxygen atoms in total. The second-order valence-electron chi connectivity index (χ2n) is 8.67. The summed E-state index contributed by atoms with van der Waals surface area (Å²) in [7, 11) is 1.71. The summed E-state index contributed by atoms with van der Waals surface area (Å²) in [6, 6.07) is 16.7. The molecule has 3 heterocycles. The van der Waals surface area contributed by atoms with E-state index in [-0.39, 0.29) is 6.61 Å². The van der Waals surface area contributed by atoms with Gasteiger partial charge in [-0.2, -0.15) is 0 Å². The predicted octanol–water partition coefficient (Wildman–Crippen LogP) is 5.66. The van der Waals surface area contributed by atoms with E-state index in [4.69, 9.17) is 13.9 Å². The number of furan rings is 1. The molecular weight excluding hydrogens is 422 g/mol. The van der Waals surface area contributed by atoms with E-state index in [1.807, 2.05) is 41.7 Å². The van der Waals surface area contributed by atoms with Crippen molar-refractivity contribution in [1.82, 2.24) is 4.90 Å². The number of hydrogen-bond donors (Lipinski definition) is 1. The molecule has 1 saturated heterocycles. The van der Waals surface area contributed by atoms with Crippen molar-refractivity contribution in [2.24, 2.45) is 0 Å². The molecule has 6 heteroatoms. The first kappa shape index (κ1) is 21.3. The van der Waals surface area contributed by atoms with Gasteiger partial charge in [-0.05, 0) is 80.1 Å². The molecule has 1 N–H and O–H groups in total. The number of nitrogens with zero attached hydrogens (tertiary/aromatic N) is 1. The van der Waals surface area contributed by atoms with Crippen molar-refractivity contribution in [2.75, 3.05) is 26.8 Å². The summed E-state index contributed by atoms with van der Waals surface area (Å²) in [5.74, 6) is 2.23. The number of β-amino-alcohol motifs (C(OH)–C–C–N with tert-alkyl or cyclic N) is 1. The van der Waals surface area contributed by atoms with Crippen LogP contribution in [0, 0.1) is 0 Å². The lowest BCUT2D eigenvalue weighted by molar-refractivity contribution is 0.0408. The van der Waals surface area contributed by atoms with Crippen LogP contribution in [0.25, 0.3) is 21.1 Å². The van der Waals surface area contributed by atoms with Gasteiger partial charge in [-0.3, -0.25) is 4.90 Å². The highest BCUT2D eigenvalue weighted by atomic mass is 32.1. The number of rotatable bonds is 7. The Kier molecular flexibility index (Phi) is 6.09. The van der Waals surface area contributed by atoms with Crippen LogP contribution in [0.2, 0.25) is 0 Å². The number of hydrogen-bond acceptors (Lipinski definition) is 6. The Morgan fingerprint density at radius 3 is 2.97 bits per heavy atom. The maximum absolute atomic E-state index is 10.6. The largest absolute Gasteiger partial charge is 0.497 e. The van der Waals surface area contributed by atoms with Crippen LogP contribution >= 0.6 is 11.3 Å².